The lowest BCUT2D eigenvalue weighted by molar-refractivity contribution is -0.380. The third-order valence-corrected chi connectivity index (χ3v) is 3.61. The standard InChI is InChI=1S/C10H15N3O2S/c1-8-5-12(3-2-11-8)6-9-4-10(13(14)15)16-7-9/h4,7-8,11H,2-3,5-6H2,1H3. The van der Waals surface area contributed by atoms with Crippen molar-refractivity contribution in [2.75, 3.05) is 19.6 Å². The maximum atomic E-state index is 10.6. The van der Waals surface area contributed by atoms with E-state index in [-0.39, 0.29) is 9.92 Å². The Labute approximate surface area is 98.2 Å². The Morgan fingerprint density at radius 1 is 1.75 bits per heavy atom. The fourth-order valence-corrected chi connectivity index (χ4v) is 2.68. The van der Waals surface area contributed by atoms with Gasteiger partial charge in [0.15, 0.2) is 0 Å². The van der Waals surface area contributed by atoms with Crippen molar-refractivity contribution in [3.8, 4) is 0 Å². The lowest BCUT2D eigenvalue weighted by Crippen LogP contribution is -2.48. The highest BCUT2D eigenvalue weighted by atomic mass is 32.1. The van der Waals surface area contributed by atoms with Gasteiger partial charge in [-0.1, -0.05) is 11.3 Å². The Morgan fingerprint density at radius 3 is 3.19 bits per heavy atom. The number of nitrogens with zero attached hydrogens (tertiary/aromatic N) is 2. The van der Waals surface area contributed by atoms with E-state index in [0.29, 0.717) is 6.04 Å². The van der Waals surface area contributed by atoms with Crippen LogP contribution in [0.2, 0.25) is 0 Å². The van der Waals surface area contributed by atoms with Crippen LogP contribution < -0.4 is 5.32 Å². The highest BCUT2D eigenvalue weighted by Crippen LogP contribution is 2.23. The zero-order valence-electron chi connectivity index (χ0n) is 9.18. The smallest absolute Gasteiger partial charge is 0.312 e. The minimum absolute atomic E-state index is 0.234. The molecule has 16 heavy (non-hydrogen) atoms. The highest BCUT2D eigenvalue weighted by molar-refractivity contribution is 7.13. The number of nitrogens with one attached hydrogen (secondary N) is 1. The van der Waals surface area contributed by atoms with Crippen molar-refractivity contribution < 1.29 is 4.92 Å². The van der Waals surface area contributed by atoms with E-state index >= 15 is 0 Å². The third-order valence-electron chi connectivity index (χ3n) is 2.68. The van der Waals surface area contributed by atoms with E-state index in [9.17, 15) is 10.1 Å². The second-order valence-electron chi connectivity index (χ2n) is 4.14. The van der Waals surface area contributed by atoms with Crippen molar-refractivity contribution in [3.05, 3.63) is 27.1 Å². The fraction of sp³-hybridized carbons (Fsp3) is 0.600. The highest BCUT2D eigenvalue weighted by Gasteiger charge is 2.17. The normalized spacial score (nSPS) is 22.2. The molecule has 1 N–H and O–H groups in total. The largest absolute Gasteiger partial charge is 0.324 e. The van der Waals surface area contributed by atoms with Gasteiger partial charge in [0.1, 0.15) is 0 Å². The van der Waals surface area contributed by atoms with E-state index < -0.39 is 0 Å². The molecule has 1 unspecified atom stereocenters. The average Bonchev–Trinajstić information content (AvgIpc) is 2.66. The van der Waals surface area contributed by atoms with E-state index in [1.807, 2.05) is 5.38 Å². The second kappa shape index (κ2) is 4.90. The summed E-state index contributed by atoms with van der Waals surface area (Å²) in [6, 6.07) is 2.18. The Kier molecular flexibility index (Phi) is 3.52. The van der Waals surface area contributed by atoms with Gasteiger partial charge in [-0.15, -0.1) is 0 Å². The summed E-state index contributed by atoms with van der Waals surface area (Å²) in [6.45, 7) is 5.98. The first kappa shape index (κ1) is 11.5. The molecule has 6 heteroatoms. The summed E-state index contributed by atoms with van der Waals surface area (Å²) in [5.41, 5.74) is 1.05. The van der Waals surface area contributed by atoms with Crippen LogP contribution in [0.15, 0.2) is 11.4 Å². The first-order valence-electron chi connectivity index (χ1n) is 5.32. The van der Waals surface area contributed by atoms with Crippen molar-refractivity contribution in [2.45, 2.75) is 19.5 Å². The van der Waals surface area contributed by atoms with Gasteiger partial charge in [0, 0.05) is 43.7 Å². The molecular weight excluding hydrogens is 226 g/mol. The Balaban J connectivity index is 1.95. The molecule has 1 aromatic rings. The number of hydrogen-bond acceptors (Lipinski definition) is 5. The van der Waals surface area contributed by atoms with Gasteiger partial charge in [-0.25, -0.2) is 0 Å². The third kappa shape index (κ3) is 2.78. The van der Waals surface area contributed by atoms with Crippen LogP contribution >= 0.6 is 11.3 Å². The molecule has 5 nitrogen and oxygen atoms in total. The van der Waals surface area contributed by atoms with E-state index in [2.05, 4.69) is 17.1 Å². The Bertz CT molecular complexity index is 380. The summed E-state index contributed by atoms with van der Waals surface area (Å²) in [7, 11) is 0. The molecule has 1 aromatic heterocycles. The van der Waals surface area contributed by atoms with Crippen LogP contribution in [0.25, 0.3) is 0 Å². The second-order valence-corrected chi connectivity index (χ2v) is 5.03. The molecule has 1 aliphatic heterocycles. The van der Waals surface area contributed by atoms with Crippen molar-refractivity contribution in [1.29, 1.82) is 0 Å². The van der Waals surface area contributed by atoms with Gasteiger partial charge in [0.05, 0.1) is 4.92 Å². The minimum Gasteiger partial charge on any atom is -0.312 e. The molecule has 2 rings (SSSR count). The molecule has 0 aromatic carbocycles. The molecule has 0 radical (unpaired) electrons. The Morgan fingerprint density at radius 2 is 2.56 bits per heavy atom. The van der Waals surface area contributed by atoms with Crippen molar-refractivity contribution >= 4 is 16.3 Å². The predicted molar refractivity (Wildman–Crippen MR) is 63.7 cm³/mol. The van der Waals surface area contributed by atoms with Crippen molar-refractivity contribution in [2.24, 2.45) is 0 Å². The number of rotatable bonds is 3. The summed E-state index contributed by atoms with van der Waals surface area (Å²) >= 11 is 1.21. The maximum absolute atomic E-state index is 10.6. The number of thiophene rings is 1. The van der Waals surface area contributed by atoms with Crippen LogP contribution in [0.3, 0.4) is 0 Å². The molecular formula is C10H15N3O2S. The minimum atomic E-state index is -0.325. The number of piperazine rings is 1. The summed E-state index contributed by atoms with van der Waals surface area (Å²) in [5.74, 6) is 0. The molecule has 0 aliphatic carbocycles. The summed E-state index contributed by atoms with van der Waals surface area (Å²) in [4.78, 5) is 12.6. The average molecular weight is 241 g/mol. The van der Waals surface area contributed by atoms with E-state index in [0.717, 1.165) is 31.7 Å². The molecule has 0 bridgehead atoms. The molecule has 0 amide bonds. The van der Waals surface area contributed by atoms with Crippen LogP contribution in [0, 0.1) is 10.1 Å². The predicted octanol–water partition coefficient (Wildman–Crippen LogP) is 1.45. The van der Waals surface area contributed by atoms with Gasteiger partial charge in [-0.2, -0.15) is 0 Å². The van der Waals surface area contributed by atoms with Gasteiger partial charge in [0.25, 0.3) is 0 Å². The van der Waals surface area contributed by atoms with E-state index in [1.54, 1.807) is 6.07 Å². The maximum Gasteiger partial charge on any atom is 0.324 e. The Hall–Kier alpha value is -0.980. The van der Waals surface area contributed by atoms with Gasteiger partial charge >= 0.3 is 5.00 Å². The van der Waals surface area contributed by atoms with E-state index in [4.69, 9.17) is 0 Å². The number of hydrogen-bond donors (Lipinski definition) is 1. The summed E-state index contributed by atoms with van der Waals surface area (Å²) < 4.78 is 0. The zero-order chi connectivity index (χ0) is 11.5. The monoisotopic (exact) mass is 241 g/mol. The van der Waals surface area contributed by atoms with Crippen LogP contribution in [0.1, 0.15) is 12.5 Å². The molecule has 0 spiro atoms. The lowest BCUT2D eigenvalue weighted by Gasteiger charge is -2.31. The molecule has 1 atom stereocenters. The topological polar surface area (TPSA) is 58.4 Å². The zero-order valence-corrected chi connectivity index (χ0v) is 10.00. The molecule has 88 valence electrons. The summed E-state index contributed by atoms with van der Waals surface area (Å²) in [6.07, 6.45) is 0. The fourth-order valence-electron chi connectivity index (χ4n) is 1.96. The van der Waals surface area contributed by atoms with Crippen molar-refractivity contribution in [1.82, 2.24) is 10.2 Å². The first-order valence-corrected chi connectivity index (χ1v) is 6.20. The molecule has 1 saturated heterocycles. The molecule has 1 aliphatic rings. The van der Waals surface area contributed by atoms with Crippen molar-refractivity contribution in [3.63, 3.8) is 0 Å². The molecule has 0 saturated carbocycles. The van der Waals surface area contributed by atoms with Crippen LogP contribution in [-0.2, 0) is 6.54 Å². The quantitative estimate of drug-likeness (QED) is 0.643. The van der Waals surface area contributed by atoms with Crippen LogP contribution in [-0.4, -0.2) is 35.5 Å². The van der Waals surface area contributed by atoms with Gasteiger partial charge in [-0.3, -0.25) is 15.0 Å². The first-order chi connectivity index (χ1) is 7.65. The van der Waals surface area contributed by atoms with Crippen LogP contribution in [0.4, 0.5) is 5.00 Å². The van der Waals surface area contributed by atoms with Gasteiger partial charge in [0.2, 0.25) is 0 Å². The summed E-state index contributed by atoms with van der Waals surface area (Å²) in [5, 5.41) is 16.0. The van der Waals surface area contributed by atoms with E-state index in [1.165, 1.54) is 11.3 Å². The lowest BCUT2D eigenvalue weighted by atomic mass is 10.2. The number of nitro groups is 1. The SMILES string of the molecule is CC1CN(Cc2csc([N+](=O)[O-])c2)CCN1. The molecule has 1 fully saturated rings. The van der Waals surface area contributed by atoms with Crippen LogP contribution in [0.5, 0.6) is 0 Å². The van der Waals surface area contributed by atoms with Gasteiger partial charge < -0.3 is 5.32 Å². The molecule has 2 heterocycles. The van der Waals surface area contributed by atoms with Gasteiger partial charge in [-0.05, 0) is 12.5 Å².